The van der Waals surface area contributed by atoms with Crippen molar-refractivity contribution in [1.29, 1.82) is 0 Å². The molecule has 0 amide bonds. The third-order valence-electron chi connectivity index (χ3n) is 4.44. The van der Waals surface area contributed by atoms with Crippen LogP contribution < -0.4 is 0 Å². The predicted molar refractivity (Wildman–Crippen MR) is 75.8 cm³/mol. The quantitative estimate of drug-likeness (QED) is 0.931. The minimum absolute atomic E-state index is 0.268. The van der Waals surface area contributed by atoms with E-state index in [-0.39, 0.29) is 11.6 Å². The lowest BCUT2D eigenvalue weighted by atomic mass is 9.84. The van der Waals surface area contributed by atoms with E-state index in [2.05, 4.69) is 17.2 Å². The van der Waals surface area contributed by atoms with E-state index in [1.165, 1.54) is 32.1 Å². The van der Waals surface area contributed by atoms with Gasteiger partial charge >= 0.3 is 5.97 Å². The van der Waals surface area contributed by atoms with Gasteiger partial charge in [-0.3, -0.25) is 0 Å². The van der Waals surface area contributed by atoms with Gasteiger partial charge in [0.05, 0.1) is 17.1 Å². The van der Waals surface area contributed by atoms with E-state index in [4.69, 9.17) is 5.11 Å². The minimum atomic E-state index is -0.912. The summed E-state index contributed by atoms with van der Waals surface area (Å²) in [7, 11) is 0. The van der Waals surface area contributed by atoms with Crippen LogP contribution in [0.1, 0.15) is 55.4 Å². The molecule has 0 radical (unpaired) electrons. The molecular formula is C15H19N3O2. The zero-order valence-corrected chi connectivity index (χ0v) is 11.6. The summed E-state index contributed by atoms with van der Waals surface area (Å²) in [4.78, 5) is 11.1. The first-order valence-corrected chi connectivity index (χ1v) is 7.25. The molecule has 1 aromatic heterocycles. The Hall–Kier alpha value is -1.91. The summed E-state index contributed by atoms with van der Waals surface area (Å²) in [6, 6.07) is 5.26. The van der Waals surface area contributed by atoms with Crippen molar-refractivity contribution in [2.24, 2.45) is 5.92 Å². The van der Waals surface area contributed by atoms with Crippen LogP contribution in [0.4, 0.5) is 0 Å². The van der Waals surface area contributed by atoms with Crippen molar-refractivity contribution < 1.29 is 9.90 Å². The van der Waals surface area contributed by atoms with Crippen LogP contribution in [-0.4, -0.2) is 26.1 Å². The predicted octanol–water partition coefficient (Wildman–Crippen LogP) is 3.27. The lowest BCUT2D eigenvalue weighted by molar-refractivity contribution is 0.0697. The number of carbonyl (C=O) groups is 1. The fourth-order valence-corrected chi connectivity index (χ4v) is 3.19. The summed E-state index contributed by atoms with van der Waals surface area (Å²) < 4.78 is 1.90. The topological polar surface area (TPSA) is 68.0 Å². The van der Waals surface area contributed by atoms with Crippen molar-refractivity contribution in [2.45, 2.75) is 45.1 Å². The molecule has 1 fully saturated rings. The van der Waals surface area contributed by atoms with Gasteiger partial charge in [-0.2, -0.15) is 0 Å². The summed E-state index contributed by atoms with van der Waals surface area (Å²) in [6.45, 7) is 2.16. The highest BCUT2D eigenvalue weighted by atomic mass is 16.4. The highest BCUT2D eigenvalue weighted by molar-refractivity contribution is 5.92. The van der Waals surface area contributed by atoms with E-state index in [1.54, 1.807) is 18.2 Å². The number of aromatic carboxylic acids is 1. The maximum absolute atomic E-state index is 11.1. The summed E-state index contributed by atoms with van der Waals surface area (Å²) in [5.41, 5.74) is 1.87. The Labute approximate surface area is 117 Å². The molecule has 1 N–H and O–H groups in total. The highest BCUT2D eigenvalue weighted by Crippen LogP contribution is 2.33. The van der Waals surface area contributed by atoms with Gasteiger partial charge in [0.1, 0.15) is 5.52 Å². The average Bonchev–Trinajstić information content (AvgIpc) is 2.90. The first kappa shape index (κ1) is 13.1. The average molecular weight is 273 g/mol. The first-order chi connectivity index (χ1) is 9.66. The second kappa shape index (κ2) is 5.23. The smallest absolute Gasteiger partial charge is 0.335 e. The van der Waals surface area contributed by atoms with Crippen LogP contribution in [-0.2, 0) is 0 Å². The van der Waals surface area contributed by atoms with E-state index >= 15 is 0 Å². The van der Waals surface area contributed by atoms with Gasteiger partial charge < -0.3 is 5.11 Å². The molecule has 0 spiro atoms. The Morgan fingerprint density at radius 3 is 2.80 bits per heavy atom. The monoisotopic (exact) mass is 273 g/mol. The van der Waals surface area contributed by atoms with Gasteiger partial charge in [0.25, 0.3) is 0 Å². The Balaban J connectivity index is 1.97. The molecular weight excluding hydrogens is 254 g/mol. The summed E-state index contributed by atoms with van der Waals surface area (Å²) >= 11 is 0. The van der Waals surface area contributed by atoms with Crippen molar-refractivity contribution in [3.8, 4) is 0 Å². The standard InChI is InChI=1S/C15H19N3O2/c1-10(11-5-3-2-4-6-11)18-14-9-12(15(19)20)7-8-13(14)16-17-18/h7-11H,2-6H2,1H3,(H,19,20). The van der Waals surface area contributed by atoms with Crippen molar-refractivity contribution in [2.75, 3.05) is 0 Å². The maximum Gasteiger partial charge on any atom is 0.335 e. The highest BCUT2D eigenvalue weighted by Gasteiger charge is 2.23. The van der Waals surface area contributed by atoms with Crippen LogP contribution in [0.5, 0.6) is 0 Å². The molecule has 1 unspecified atom stereocenters. The number of carboxylic acid groups (broad SMARTS) is 1. The van der Waals surface area contributed by atoms with Gasteiger partial charge in [0.15, 0.2) is 0 Å². The molecule has 20 heavy (non-hydrogen) atoms. The van der Waals surface area contributed by atoms with Crippen LogP contribution in [0.3, 0.4) is 0 Å². The van der Waals surface area contributed by atoms with Crippen LogP contribution in [0.25, 0.3) is 11.0 Å². The number of aromatic nitrogens is 3. The molecule has 106 valence electrons. The maximum atomic E-state index is 11.1. The molecule has 5 heteroatoms. The van der Waals surface area contributed by atoms with Crippen molar-refractivity contribution in [1.82, 2.24) is 15.0 Å². The summed E-state index contributed by atoms with van der Waals surface area (Å²) in [5, 5.41) is 17.5. The fraction of sp³-hybridized carbons (Fsp3) is 0.533. The van der Waals surface area contributed by atoms with Gasteiger partial charge in [-0.1, -0.05) is 24.5 Å². The molecule has 1 aromatic carbocycles. The Kier molecular flexibility index (Phi) is 3.42. The third-order valence-corrected chi connectivity index (χ3v) is 4.44. The molecule has 1 aliphatic rings. The number of nitrogens with zero attached hydrogens (tertiary/aromatic N) is 3. The van der Waals surface area contributed by atoms with E-state index in [0.717, 1.165) is 11.0 Å². The third kappa shape index (κ3) is 2.28. The van der Waals surface area contributed by atoms with E-state index in [9.17, 15) is 4.79 Å². The molecule has 1 heterocycles. The van der Waals surface area contributed by atoms with E-state index < -0.39 is 5.97 Å². The second-order valence-electron chi connectivity index (χ2n) is 5.68. The SMILES string of the molecule is CC(C1CCCCC1)n1nnc2ccc(C(=O)O)cc21. The van der Waals surface area contributed by atoms with Gasteiger partial charge in [-0.25, -0.2) is 9.48 Å². The number of rotatable bonds is 3. The fourth-order valence-electron chi connectivity index (χ4n) is 3.19. The zero-order chi connectivity index (χ0) is 14.1. The second-order valence-corrected chi connectivity index (χ2v) is 5.68. The van der Waals surface area contributed by atoms with Gasteiger partial charge in [-0.05, 0) is 43.9 Å². The molecule has 1 aliphatic carbocycles. The number of carboxylic acids is 1. The van der Waals surface area contributed by atoms with Gasteiger partial charge in [0.2, 0.25) is 0 Å². The van der Waals surface area contributed by atoms with Crippen LogP contribution >= 0.6 is 0 Å². The molecule has 1 saturated carbocycles. The molecule has 5 nitrogen and oxygen atoms in total. The lowest BCUT2D eigenvalue weighted by Crippen LogP contribution is -2.20. The summed E-state index contributed by atoms with van der Waals surface area (Å²) in [6.07, 6.45) is 6.33. The largest absolute Gasteiger partial charge is 0.478 e. The lowest BCUT2D eigenvalue weighted by Gasteiger charge is -2.27. The minimum Gasteiger partial charge on any atom is -0.478 e. The number of benzene rings is 1. The Morgan fingerprint density at radius 2 is 2.10 bits per heavy atom. The zero-order valence-electron chi connectivity index (χ0n) is 11.6. The molecule has 3 rings (SSSR count). The Morgan fingerprint density at radius 1 is 1.35 bits per heavy atom. The van der Waals surface area contributed by atoms with Crippen molar-refractivity contribution >= 4 is 17.0 Å². The molecule has 2 aromatic rings. The molecule has 0 bridgehead atoms. The number of hydrogen-bond acceptors (Lipinski definition) is 3. The van der Waals surface area contributed by atoms with Crippen LogP contribution in [0, 0.1) is 5.92 Å². The summed E-state index contributed by atoms with van der Waals surface area (Å²) in [5.74, 6) is -0.299. The molecule has 0 saturated heterocycles. The van der Waals surface area contributed by atoms with E-state index in [0.29, 0.717) is 5.92 Å². The van der Waals surface area contributed by atoms with Crippen LogP contribution in [0.15, 0.2) is 18.2 Å². The number of fused-ring (bicyclic) bond motifs is 1. The normalized spacial score (nSPS) is 18.2. The Bertz CT molecular complexity index is 629. The molecule has 1 atom stereocenters. The first-order valence-electron chi connectivity index (χ1n) is 7.25. The molecule has 0 aliphatic heterocycles. The van der Waals surface area contributed by atoms with Crippen molar-refractivity contribution in [3.63, 3.8) is 0 Å². The van der Waals surface area contributed by atoms with E-state index in [1.807, 2.05) is 4.68 Å². The van der Waals surface area contributed by atoms with Crippen molar-refractivity contribution in [3.05, 3.63) is 23.8 Å². The van der Waals surface area contributed by atoms with Gasteiger partial charge in [-0.15, -0.1) is 5.10 Å². The number of hydrogen-bond donors (Lipinski definition) is 1. The van der Waals surface area contributed by atoms with Crippen LogP contribution in [0.2, 0.25) is 0 Å². The van der Waals surface area contributed by atoms with Gasteiger partial charge in [0, 0.05) is 0 Å².